The fourth-order valence-electron chi connectivity index (χ4n) is 5.62. The molecule has 0 aliphatic rings. The van der Waals surface area contributed by atoms with Gasteiger partial charge in [0.15, 0.2) is 11.6 Å². The van der Waals surface area contributed by atoms with E-state index in [2.05, 4.69) is 30.5 Å². The van der Waals surface area contributed by atoms with Gasteiger partial charge in [-0.3, -0.25) is 9.59 Å². The molecule has 0 N–H and O–H groups in total. The summed E-state index contributed by atoms with van der Waals surface area (Å²) in [5.41, 5.74) is 4.50. The highest BCUT2D eigenvalue weighted by Gasteiger charge is 2.19. The maximum atomic E-state index is 13.5. The van der Waals surface area contributed by atoms with Crippen molar-refractivity contribution in [3.63, 3.8) is 0 Å². The van der Waals surface area contributed by atoms with E-state index in [9.17, 15) is 9.59 Å². The van der Waals surface area contributed by atoms with Crippen molar-refractivity contribution in [3.05, 3.63) is 107 Å². The Hall–Kier alpha value is -4.38. The van der Waals surface area contributed by atoms with E-state index >= 15 is 0 Å². The Labute approximate surface area is 241 Å². The van der Waals surface area contributed by atoms with Gasteiger partial charge >= 0.3 is 0 Å². The topological polar surface area (TPSA) is 57.5 Å². The van der Waals surface area contributed by atoms with Crippen molar-refractivity contribution in [3.8, 4) is 11.5 Å². The fourth-order valence-corrected chi connectivity index (χ4v) is 5.62. The van der Waals surface area contributed by atoms with Crippen LogP contribution in [0.1, 0.15) is 71.4 Å². The van der Waals surface area contributed by atoms with Crippen molar-refractivity contribution >= 4 is 33.4 Å². The van der Waals surface area contributed by atoms with Gasteiger partial charge in [0, 0.05) is 50.6 Å². The zero-order chi connectivity index (χ0) is 28.9. The quantitative estimate of drug-likeness (QED) is 0.147. The first-order valence-electron chi connectivity index (χ1n) is 14.4. The molecule has 0 aliphatic heterocycles. The molecule has 41 heavy (non-hydrogen) atoms. The first-order valence-corrected chi connectivity index (χ1v) is 14.4. The molecule has 4 aromatic carbocycles. The molecule has 0 fully saturated rings. The van der Waals surface area contributed by atoms with E-state index in [4.69, 9.17) is 9.47 Å². The first kappa shape index (κ1) is 28.2. The van der Waals surface area contributed by atoms with Gasteiger partial charge in [-0.25, -0.2) is 0 Å². The summed E-state index contributed by atoms with van der Waals surface area (Å²) in [4.78, 5) is 27.1. The predicted molar refractivity (Wildman–Crippen MR) is 166 cm³/mol. The number of ether oxygens (including phenoxy) is 2. The van der Waals surface area contributed by atoms with E-state index in [-0.39, 0.29) is 11.6 Å². The molecule has 1 unspecified atom stereocenters. The van der Waals surface area contributed by atoms with Gasteiger partial charge < -0.3 is 14.0 Å². The highest BCUT2D eigenvalue weighted by Crippen LogP contribution is 2.34. The smallest absolute Gasteiger partial charge is 0.193 e. The fraction of sp³-hybridized carbons (Fsp3) is 0.278. The third kappa shape index (κ3) is 5.76. The lowest BCUT2D eigenvalue weighted by atomic mass is 9.99. The second kappa shape index (κ2) is 12.4. The molecule has 1 heterocycles. The number of hydrogen-bond donors (Lipinski definition) is 0. The van der Waals surface area contributed by atoms with Crippen molar-refractivity contribution in [2.45, 2.75) is 46.1 Å². The summed E-state index contributed by atoms with van der Waals surface area (Å²) in [6.45, 7) is 5.38. The largest absolute Gasteiger partial charge is 0.497 e. The van der Waals surface area contributed by atoms with Crippen LogP contribution in [0.3, 0.4) is 0 Å². The predicted octanol–water partition coefficient (Wildman–Crippen LogP) is 8.49. The van der Waals surface area contributed by atoms with E-state index in [1.54, 1.807) is 26.4 Å². The number of fused-ring (bicyclic) bond motifs is 3. The number of hydrogen-bond acceptors (Lipinski definition) is 4. The molecule has 0 amide bonds. The Morgan fingerprint density at radius 2 is 1.17 bits per heavy atom. The molecule has 5 aromatic rings. The van der Waals surface area contributed by atoms with Crippen LogP contribution in [0.25, 0.3) is 21.8 Å². The third-order valence-electron chi connectivity index (χ3n) is 8.04. The molecule has 5 rings (SSSR count). The lowest BCUT2D eigenvalue weighted by Crippen LogP contribution is -2.10. The van der Waals surface area contributed by atoms with Gasteiger partial charge in [0.2, 0.25) is 0 Å². The van der Waals surface area contributed by atoms with E-state index < -0.39 is 0 Å². The Balaban J connectivity index is 1.64. The van der Waals surface area contributed by atoms with Gasteiger partial charge in [-0.2, -0.15) is 0 Å². The average Bonchev–Trinajstić information content (AvgIpc) is 3.33. The number of methoxy groups -OCH3 is 2. The summed E-state index contributed by atoms with van der Waals surface area (Å²) in [7, 11) is 3.19. The van der Waals surface area contributed by atoms with Gasteiger partial charge in [-0.1, -0.05) is 57.4 Å². The highest BCUT2D eigenvalue weighted by atomic mass is 16.5. The van der Waals surface area contributed by atoms with Crippen molar-refractivity contribution in [2.24, 2.45) is 5.92 Å². The molecule has 0 bridgehead atoms. The van der Waals surface area contributed by atoms with Gasteiger partial charge in [-0.05, 0) is 73.0 Å². The minimum atomic E-state index is -0.0651. The first-order chi connectivity index (χ1) is 20.0. The number of carbonyl (C=O) groups is 2. The molecule has 1 atom stereocenters. The van der Waals surface area contributed by atoms with Gasteiger partial charge in [0.05, 0.1) is 14.2 Å². The second-order valence-corrected chi connectivity index (χ2v) is 10.6. The molecular weight excluding hydrogens is 510 g/mol. The zero-order valence-corrected chi connectivity index (χ0v) is 24.3. The van der Waals surface area contributed by atoms with E-state index in [1.807, 2.05) is 60.7 Å². The number of ketones is 2. The summed E-state index contributed by atoms with van der Waals surface area (Å²) in [6, 6.07) is 26.3. The molecule has 0 aliphatic carbocycles. The van der Waals surface area contributed by atoms with E-state index in [0.29, 0.717) is 39.7 Å². The molecule has 0 spiro atoms. The Morgan fingerprint density at radius 3 is 1.61 bits per heavy atom. The normalized spacial score (nSPS) is 12.0. The van der Waals surface area contributed by atoms with Crippen LogP contribution in [-0.4, -0.2) is 30.4 Å². The van der Waals surface area contributed by atoms with Crippen molar-refractivity contribution in [2.75, 3.05) is 14.2 Å². The highest BCUT2D eigenvalue weighted by molar-refractivity contribution is 6.17. The molecule has 0 saturated carbocycles. The Bertz CT molecular complexity index is 1600. The van der Waals surface area contributed by atoms with Gasteiger partial charge in [-0.15, -0.1) is 0 Å². The van der Waals surface area contributed by atoms with Crippen LogP contribution in [0, 0.1) is 5.92 Å². The number of benzene rings is 4. The summed E-state index contributed by atoms with van der Waals surface area (Å²) in [5.74, 6) is 1.71. The maximum absolute atomic E-state index is 13.5. The lowest BCUT2D eigenvalue weighted by Gasteiger charge is -2.17. The number of rotatable bonds is 12. The van der Waals surface area contributed by atoms with Crippen molar-refractivity contribution in [1.29, 1.82) is 0 Å². The van der Waals surface area contributed by atoms with Crippen LogP contribution < -0.4 is 9.47 Å². The van der Waals surface area contributed by atoms with Crippen molar-refractivity contribution in [1.82, 2.24) is 4.57 Å². The lowest BCUT2D eigenvalue weighted by molar-refractivity contribution is 0.103. The number of unbranched alkanes of at least 4 members (excludes halogenated alkanes) is 1. The summed E-state index contributed by atoms with van der Waals surface area (Å²) < 4.78 is 13.0. The minimum Gasteiger partial charge on any atom is -0.497 e. The Morgan fingerprint density at radius 1 is 0.683 bits per heavy atom. The van der Waals surface area contributed by atoms with Crippen molar-refractivity contribution < 1.29 is 19.1 Å². The van der Waals surface area contributed by atoms with Crippen LogP contribution in [-0.2, 0) is 6.54 Å². The Kier molecular flexibility index (Phi) is 8.53. The third-order valence-corrected chi connectivity index (χ3v) is 8.04. The van der Waals surface area contributed by atoms with Crippen LogP contribution in [0.4, 0.5) is 0 Å². The van der Waals surface area contributed by atoms with Gasteiger partial charge in [0.25, 0.3) is 0 Å². The molecule has 1 aromatic heterocycles. The molecule has 0 radical (unpaired) electrons. The maximum Gasteiger partial charge on any atom is 0.193 e. The molecule has 210 valence electrons. The molecule has 5 heteroatoms. The van der Waals surface area contributed by atoms with E-state index in [0.717, 1.165) is 34.8 Å². The molecule has 0 saturated heterocycles. The number of aromatic nitrogens is 1. The average molecular weight is 548 g/mol. The van der Waals surface area contributed by atoms with Crippen LogP contribution in [0.5, 0.6) is 11.5 Å². The molecular formula is C36H37NO4. The number of nitrogens with zero attached hydrogens (tertiary/aromatic N) is 1. The molecule has 5 nitrogen and oxygen atoms in total. The summed E-state index contributed by atoms with van der Waals surface area (Å²) >= 11 is 0. The monoisotopic (exact) mass is 547 g/mol. The van der Waals surface area contributed by atoms with Crippen LogP contribution in [0.15, 0.2) is 84.9 Å². The van der Waals surface area contributed by atoms with Gasteiger partial charge in [0.1, 0.15) is 11.5 Å². The number of carbonyl (C=O) groups excluding carboxylic acids is 2. The minimum absolute atomic E-state index is 0.0651. The second-order valence-electron chi connectivity index (χ2n) is 10.6. The summed E-state index contributed by atoms with van der Waals surface area (Å²) in [5, 5.41) is 1.94. The zero-order valence-electron chi connectivity index (χ0n) is 24.3. The van der Waals surface area contributed by atoms with Crippen LogP contribution >= 0.6 is 0 Å². The van der Waals surface area contributed by atoms with E-state index in [1.165, 1.54) is 19.3 Å². The standard InChI is InChI=1S/C36H37NO4/c1-5-7-10-24(6-2)23-37-33-17-15-27(35(38)25-11-8-13-29(19-25)40-3)21-31(33)32-22-28(16-18-34(32)37)36(39)26-12-9-14-30(20-26)41-4/h8-9,11-22,24H,5-7,10,23H2,1-4H3. The SMILES string of the molecule is CCCCC(CC)Cn1c2ccc(C(=O)c3cccc(OC)c3)cc2c2cc(C(=O)c3cccc(OC)c3)ccc21. The van der Waals surface area contributed by atoms with Crippen LogP contribution in [0.2, 0.25) is 0 Å². The summed E-state index contributed by atoms with van der Waals surface area (Å²) in [6.07, 6.45) is 4.65.